The lowest BCUT2D eigenvalue weighted by Crippen LogP contribution is -2.39. The molecule has 0 bridgehead atoms. The maximum Gasteiger partial charge on any atom is 0.254 e. The fraction of sp³-hybridized carbons (Fsp3) is 0.545. The largest absolute Gasteiger partial charge is 0.457 e. The minimum atomic E-state index is -0.179. The summed E-state index contributed by atoms with van der Waals surface area (Å²) in [5.41, 5.74) is 0.482. The number of aliphatic hydroxyl groups is 1. The van der Waals surface area contributed by atoms with Crippen LogP contribution in [-0.4, -0.2) is 23.7 Å². The van der Waals surface area contributed by atoms with E-state index in [1.54, 1.807) is 6.07 Å². The minimum absolute atomic E-state index is 0.0221. The van der Waals surface area contributed by atoms with Gasteiger partial charge in [0.2, 0.25) is 0 Å². The number of hydrogen-bond acceptors (Lipinski definition) is 3. The Morgan fingerprint density at radius 2 is 2.31 bits per heavy atom. The lowest BCUT2D eigenvalue weighted by atomic mass is 10.0. The van der Waals surface area contributed by atoms with Gasteiger partial charge in [0.25, 0.3) is 5.91 Å². The van der Waals surface area contributed by atoms with Gasteiger partial charge in [-0.05, 0) is 28.3 Å². The first-order chi connectivity index (χ1) is 7.54. The van der Waals surface area contributed by atoms with E-state index in [4.69, 9.17) is 9.52 Å². The van der Waals surface area contributed by atoms with Crippen molar-refractivity contribution in [1.82, 2.24) is 5.32 Å². The molecule has 1 aromatic rings. The first kappa shape index (κ1) is 13.3. The van der Waals surface area contributed by atoms with Crippen molar-refractivity contribution >= 4 is 21.8 Å². The van der Waals surface area contributed by atoms with E-state index < -0.39 is 0 Å². The summed E-state index contributed by atoms with van der Waals surface area (Å²) in [6.45, 7) is 4.08. The maximum atomic E-state index is 11.8. The number of rotatable bonds is 5. The molecule has 1 unspecified atom stereocenters. The third kappa shape index (κ3) is 3.64. The van der Waals surface area contributed by atoms with Crippen LogP contribution >= 0.6 is 15.9 Å². The maximum absolute atomic E-state index is 11.8. The van der Waals surface area contributed by atoms with Gasteiger partial charge in [-0.2, -0.15) is 0 Å². The SMILES string of the molecule is CC(C)C(CCO)NC(=O)c1coc(Br)c1. The average molecular weight is 290 g/mol. The molecule has 0 aliphatic rings. The minimum Gasteiger partial charge on any atom is -0.457 e. The molecule has 0 aliphatic heterocycles. The van der Waals surface area contributed by atoms with Crippen molar-refractivity contribution in [3.05, 3.63) is 22.6 Å². The van der Waals surface area contributed by atoms with Gasteiger partial charge in [-0.25, -0.2) is 0 Å². The fourth-order valence-corrected chi connectivity index (χ4v) is 1.73. The number of amides is 1. The summed E-state index contributed by atoms with van der Waals surface area (Å²) >= 11 is 3.14. The van der Waals surface area contributed by atoms with Crippen LogP contribution in [0.4, 0.5) is 0 Å². The van der Waals surface area contributed by atoms with Gasteiger partial charge < -0.3 is 14.8 Å². The Balaban J connectivity index is 2.61. The van der Waals surface area contributed by atoms with Crippen molar-refractivity contribution in [3.63, 3.8) is 0 Å². The number of aliphatic hydroxyl groups excluding tert-OH is 1. The van der Waals surface area contributed by atoms with E-state index in [0.29, 0.717) is 16.7 Å². The van der Waals surface area contributed by atoms with Crippen LogP contribution in [0.15, 0.2) is 21.4 Å². The summed E-state index contributed by atoms with van der Waals surface area (Å²) in [4.78, 5) is 11.8. The van der Waals surface area contributed by atoms with Gasteiger partial charge in [0.1, 0.15) is 6.26 Å². The average Bonchev–Trinajstić information content (AvgIpc) is 2.64. The highest BCUT2D eigenvalue weighted by atomic mass is 79.9. The van der Waals surface area contributed by atoms with E-state index in [1.165, 1.54) is 6.26 Å². The van der Waals surface area contributed by atoms with E-state index in [1.807, 2.05) is 13.8 Å². The standard InChI is InChI=1S/C11H16BrNO3/c1-7(2)9(3-4-14)13-11(15)8-5-10(12)16-6-8/h5-7,9,14H,3-4H2,1-2H3,(H,13,15). The molecule has 0 spiro atoms. The Bertz CT molecular complexity index is 349. The quantitative estimate of drug-likeness (QED) is 0.873. The van der Waals surface area contributed by atoms with Crippen LogP contribution in [0.5, 0.6) is 0 Å². The first-order valence-corrected chi connectivity index (χ1v) is 5.99. The zero-order chi connectivity index (χ0) is 12.1. The predicted molar refractivity (Wildman–Crippen MR) is 64.2 cm³/mol. The number of nitrogens with one attached hydrogen (secondary N) is 1. The summed E-state index contributed by atoms with van der Waals surface area (Å²) in [5, 5.41) is 11.8. The molecular weight excluding hydrogens is 274 g/mol. The molecular formula is C11H16BrNO3. The summed E-state index contributed by atoms with van der Waals surface area (Å²) in [6.07, 6.45) is 1.96. The zero-order valence-electron chi connectivity index (χ0n) is 9.37. The van der Waals surface area contributed by atoms with Gasteiger partial charge in [-0.1, -0.05) is 13.8 Å². The number of hydrogen-bond donors (Lipinski definition) is 2. The van der Waals surface area contributed by atoms with Crippen LogP contribution in [0.25, 0.3) is 0 Å². The van der Waals surface area contributed by atoms with Gasteiger partial charge in [0, 0.05) is 18.7 Å². The van der Waals surface area contributed by atoms with Crippen LogP contribution < -0.4 is 5.32 Å². The van der Waals surface area contributed by atoms with Crippen LogP contribution in [0.2, 0.25) is 0 Å². The van der Waals surface area contributed by atoms with Crippen molar-refractivity contribution in [3.8, 4) is 0 Å². The Morgan fingerprint density at radius 1 is 1.62 bits per heavy atom. The zero-order valence-corrected chi connectivity index (χ0v) is 11.0. The number of furan rings is 1. The summed E-state index contributed by atoms with van der Waals surface area (Å²) in [6, 6.07) is 1.59. The molecule has 4 nitrogen and oxygen atoms in total. The monoisotopic (exact) mass is 289 g/mol. The van der Waals surface area contributed by atoms with Crippen molar-refractivity contribution in [1.29, 1.82) is 0 Å². The topological polar surface area (TPSA) is 62.5 Å². The Labute approximate surface area is 103 Å². The molecule has 0 saturated heterocycles. The summed E-state index contributed by atoms with van der Waals surface area (Å²) < 4.78 is 5.52. The molecule has 1 rings (SSSR count). The van der Waals surface area contributed by atoms with Crippen LogP contribution in [0.3, 0.4) is 0 Å². The third-order valence-corrected chi connectivity index (χ3v) is 2.81. The molecule has 1 amide bonds. The lowest BCUT2D eigenvalue weighted by Gasteiger charge is -2.20. The molecule has 16 heavy (non-hydrogen) atoms. The number of halogens is 1. The number of carbonyl (C=O) groups is 1. The number of carbonyl (C=O) groups excluding carboxylic acids is 1. The second-order valence-electron chi connectivity index (χ2n) is 3.98. The molecule has 0 aromatic carbocycles. The third-order valence-electron chi connectivity index (χ3n) is 2.39. The molecule has 5 heteroatoms. The van der Waals surface area contributed by atoms with Gasteiger partial charge in [0.05, 0.1) is 5.56 Å². The molecule has 0 radical (unpaired) electrons. The molecule has 1 atom stereocenters. The normalized spacial score (nSPS) is 12.8. The van der Waals surface area contributed by atoms with E-state index in [9.17, 15) is 4.79 Å². The molecule has 0 saturated carbocycles. The van der Waals surface area contributed by atoms with Gasteiger partial charge >= 0.3 is 0 Å². The van der Waals surface area contributed by atoms with Crippen molar-refractivity contribution < 1.29 is 14.3 Å². The predicted octanol–water partition coefficient (Wildman–Crippen LogP) is 2.18. The van der Waals surface area contributed by atoms with Crippen molar-refractivity contribution in [2.75, 3.05) is 6.61 Å². The van der Waals surface area contributed by atoms with Crippen LogP contribution in [0, 0.1) is 5.92 Å². The molecule has 0 fully saturated rings. The molecule has 1 aromatic heterocycles. The van der Waals surface area contributed by atoms with Crippen molar-refractivity contribution in [2.24, 2.45) is 5.92 Å². The Hall–Kier alpha value is -0.810. The second-order valence-corrected chi connectivity index (χ2v) is 4.76. The van der Waals surface area contributed by atoms with E-state index in [2.05, 4.69) is 21.2 Å². The smallest absolute Gasteiger partial charge is 0.254 e. The Morgan fingerprint density at radius 3 is 2.75 bits per heavy atom. The lowest BCUT2D eigenvalue weighted by molar-refractivity contribution is 0.0916. The van der Waals surface area contributed by atoms with Crippen LogP contribution in [-0.2, 0) is 0 Å². The summed E-state index contributed by atoms with van der Waals surface area (Å²) in [5.74, 6) is 0.105. The molecule has 0 aliphatic carbocycles. The van der Waals surface area contributed by atoms with Gasteiger partial charge in [0.15, 0.2) is 4.67 Å². The molecule has 90 valence electrons. The Kier molecular flexibility index (Phi) is 5.02. The fourth-order valence-electron chi connectivity index (χ4n) is 1.39. The highest BCUT2D eigenvalue weighted by molar-refractivity contribution is 9.10. The summed E-state index contributed by atoms with van der Waals surface area (Å²) in [7, 11) is 0. The molecule has 1 heterocycles. The van der Waals surface area contributed by atoms with Crippen LogP contribution in [0.1, 0.15) is 30.6 Å². The van der Waals surface area contributed by atoms with E-state index in [0.717, 1.165) is 0 Å². The van der Waals surface area contributed by atoms with Gasteiger partial charge in [-0.15, -0.1) is 0 Å². The van der Waals surface area contributed by atoms with Crippen molar-refractivity contribution in [2.45, 2.75) is 26.3 Å². The highest BCUT2D eigenvalue weighted by Crippen LogP contribution is 2.15. The van der Waals surface area contributed by atoms with E-state index >= 15 is 0 Å². The second kappa shape index (κ2) is 6.06. The van der Waals surface area contributed by atoms with E-state index in [-0.39, 0.29) is 24.5 Å². The highest BCUT2D eigenvalue weighted by Gasteiger charge is 2.17. The van der Waals surface area contributed by atoms with Gasteiger partial charge in [-0.3, -0.25) is 4.79 Å². The first-order valence-electron chi connectivity index (χ1n) is 5.20. The molecule has 2 N–H and O–H groups in total.